The largest absolute Gasteiger partial charge is 0.396 e. The Kier molecular flexibility index (Phi) is 7.66. The van der Waals surface area contributed by atoms with Gasteiger partial charge < -0.3 is 5.11 Å². The first-order valence-corrected chi connectivity index (χ1v) is 4.94. The molecule has 0 saturated carbocycles. The SMILES string of the molecule is CC(C)N(CCC#N)CCCCO. The number of nitrogens with zero attached hydrogens (tertiary/aromatic N) is 2. The first-order valence-electron chi connectivity index (χ1n) is 4.94. The van der Waals surface area contributed by atoms with Gasteiger partial charge in [-0.15, -0.1) is 0 Å². The van der Waals surface area contributed by atoms with Crippen LogP contribution in [0.15, 0.2) is 0 Å². The fourth-order valence-electron chi connectivity index (χ4n) is 1.25. The second kappa shape index (κ2) is 8.03. The molecule has 0 spiro atoms. The van der Waals surface area contributed by atoms with Crippen molar-refractivity contribution in [3.05, 3.63) is 0 Å². The number of unbranched alkanes of at least 4 members (excludes halogenated alkanes) is 1. The van der Waals surface area contributed by atoms with Crippen LogP contribution in [0.1, 0.15) is 33.1 Å². The van der Waals surface area contributed by atoms with Crippen LogP contribution in [0.25, 0.3) is 0 Å². The van der Waals surface area contributed by atoms with Gasteiger partial charge in [0, 0.05) is 25.6 Å². The third-order valence-corrected chi connectivity index (χ3v) is 2.09. The molecule has 0 aromatic carbocycles. The van der Waals surface area contributed by atoms with E-state index in [1.54, 1.807) is 0 Å². The van der Waals surface area contributed by atoms with Gasteiger partial charge in [-0.25, -0.2) is 0 Å². The molecule has 0 fully saturated rings. The molecule has 0 aliphatic rings. The molecule has 0 saturated heterocycles. The first kappa shape index (κ1) is 12.4. The summed E-state index contributed by atoms with van der Waals surface area (Å²) in [5.41, 5.74) is 0. The first-order chi connectivity index (χ1) is 6.22. The van der Waals surface area contributed by atoms with Crippen molar-refractivity contribution in [2.45, 2.75) is 39.2 Å². The topological polar surface area (TPSA) is 47.3 Å². The summed E-state index contributed by atoms with van der Waals surface area (Å²) in [4.78, 5) is 2.28. The summed E-state index contributed by atoms with van der Waals surface area (Å²) in [6.07, 6.45) is 2.47. The Labute approximate surface area is 81.0 Å². The zero-order chi connectivity index (χ0) is 10.1. The minimum atomic E-state index is 0.268. The van der Waals surface area contributed by atoms with Gasteiger partial charge in [-0.2, -0.15) is 5.26 Å². The molecule has 0 heterocycles. The Morgan fingerprint density at radius 1 is 1.31 bits per heavy atom. The van der Waals surface area contributed by atoms with Crippen molar-refractivity contribution in [2.75, 3.05) is 19.7 Å². The van der Waals surface area contributed by atoms with Crippen LogP contribution >= 0.6 is 0 Å². The Morgan fingerprint density at radius 2 is 2.00 bits per heavy atom. The number of aliphatic hydroxyl groups is 1. The minimum Gasteiger partial charge on any atom is -0.396 e. The standard InChI is InChI=1S/C10H20N2O/c1-10(2)12(8-5-6-11)7-3-4-9-13/h10,13H,3-5,7-9H2,1-2H3. The van der Waals surface area contributed by atoms with Crippen molar-refractivity contribution in [1.82, 2.24) is 4.90 Å². The van der Waals surface area contributed by atoms with Crippen LogP contribution in [-0.4, -0.2) is 35.7 Å². The molecule has 0 amide bonds. The molecule has 0 bridgehead atoms. The smallest absolute Gasteiger partial charge is 0.0635 e. The second-order valence-corrected chi connectivity index (χ2v) is 3.47. The maximum absolute atomic E-state index is 8.62. The molecule has 0 radical (unpaired) electrons. The molecule has 0 unspecified atom stereocenters. The fourth-order valence-corrected chi connectivity index (χ4v) is 1.25. The van der Waals surface area contributed by atoms with Crippen LogP contribution in [0.3, 0.4) is 0 Å². The highest BCUT2D eigenvalue weighted by Crippen LogP contribution is 2.02. The third kappa shape index (κ3) is 6.56. The summed E-state index contributed by atoms with van der Waals surface area (Å²) in [7, 11) is 0. The molecule has 1 N–H and O–H groups in total. The molecule has 0 aromatic rings. The van der Waals surface area contributed by atoms with E-state index in [9.17, 15) is 0 Å². The number of hydrogen-bond donors (Lipinski definition) is 1. The van der Waals surface area contributed by atoms with Crippen molar-refractivity contribution in [2.24, 2.45) is 0 Å². The van der Waals surface area contributed by atoms with Gasteiger partial charge in [0.15, 0.2) is 0 Å². The second-order valence-electron chi connectivity index (χ2n) is 3.47. The highest BCUT2D eigenvalue weighted by Gasteiger charge is 2.07. The summed E-state index contributed by atoms with van der Waals surface area (Å²) in [6.45, 7) is 6.37. The molecule has 0 rings (SSSR count). The lowest BCUT2D eigenvalue weighted by atomic mass is 10.2. The molecular weight excluding hydrogens is 164 g/mol. The maximum atomic E-state index is 8.62. The normalized spacial score (nSPS) is 10.8. The molecule has 3 nitrogen and oxygen atoms in total. The van der Waals surface area contributed by atoms with Gasteiger partial charge in [0.1, 0.15) is 0 Å². The van der Waals surface area contributed by atoms with Crippen molar-refractivity contribution >= 4 is 0 Å². The van der Waals surface area contributed by atoms with E-state index in [0.717, 1.165) is 25.9 Å². The Morgan fingerprint density at radius 3 is 2.46 bits per heavy atom. The highest BCUT2D eigenvalue weighted by molar-refractivity contribution is 4.73. The van der Waals surface area contributed by atoms with Crippen LogP contribution in [0.2, 0.25) is 0 Å². The molecule has 0 aromatic heterocycles. The fraction of sp³-hybridized carbons (Fsp3) is 0.900. The minimum absolute atomic E-state index is 0.268. The zero-order valence-corrected chi connectivity index (χ0v) is 8.66. The molecule has 13 heavy (non-hydrogen) atoms. The van der Waals surface area contributed by atoms with Crippen molar-refractivity contribution in [1.29, 1.82) is 5.26 Å². The monoisotopic (exact) mass is 184 g/mol. The Bertz CT molecular complexity index is 151. The van der Waals surface area contributed by atoms with E-state index in [-0.39, 0.29) is 6.61 Å². The van der Waals surface area contributed by atoms with Gasteiger partial charge >= 0.3 is 0 Å². The maximum Gasteiger partial charge on any atom is 0.0635 e. The lowest BCUT2D eigenvalue weighted by Gasteiger charge is -2.25. The Hall–Kier alpha value is -0.590. The van der Waals surface area contributed by atoms with Crippen LogP contribution in [0.4, 0.5) is 0 Å². The van der Waals surface area contributed by atoms with Crippen LogP contribution in [0, 0.1) is 11.3 Å². The van der Waals surface area contributed by atoms with Gasteiger partial charge in [0.05, 0.1) is 6.07 Å². The molecular formula is C10H20N2O. The van der Waals surface area contributed by atoms with E-state index in [4.69, 9.17) is 10.4 Å². The predicted octanol–water partition coefficient (Wildman–Crippen LogP) is 1.38. The summed E-state index contributed by atoms with van der Waals surface area (Å²) >= 11 is 0. The highest BCUT2D eigenvalue weighted by atomic mass is 16.2. The summed E-state index contributed by atoms with van der Waals surface area (Å²) in [6, 6.07) is 2.65. The Balaban J connectivity index is 3.62. The third-order valence-electron chi connectivity index (χ3n) is 2.09. The molecule has 0 atom stereocenters. The van der Waals surface area contributed by atoms with E-state index >= 15 is 0 Å². The van der Waals surface area contributed by atoms with Crippen molar-refractivity contribution < 1.29 is 5.11 Å². The molecule has 0 aliphatic carbocycles. The molecule has 3 heteroatoms. The summed E-state index contributed by atoms with van der Waals surface area (Å²) in [5.74, 6) is 0. The van der Waals surface area contributed by atoms with E-state index in [1.807, 2.05) is 0 Å². The van der Waals surface area contributed by atoms with Gasteiger partial charge in [0.25, 0.3) is 0 Å². The summed E-state index contributed by atoms with van der Waals surface area (Å²) in [5, 5.41) is 17.1. The van der Waals surface area contributed by atoms with E-state index in [0.29, 0.717) is 12.5 Å². The zero-order valence-electron chi connectivity index (χ0n) is 8.66. The number of hydrogen-bond acceptors (Lipinski definition) is 3. The number of rotatable bonds is 7. The molecule has 76 valence electrons. The van der Waals surface area contributed by atoms with Gasteiger partial charge in [0.2, 0.25) is 0 Å². The van der Waals surface area contributed by atoms with Crippen LogP contribution in [-0.2, 0) is 0 Å². The van der Waals surface area contributed by atoms with E-state index < -0.39 is 0 Å². The lowest BCUT2D eigenvalue weighted by Crippen LogP contribution is -2.32. The average Bonchev–Trinajstić information content (AvgIpc) is 2.10. The van der Waals surface area contributed by atoms with Gasteiger partial charge in [-0.05, 0) is 33.2 Å². The van der Waals surface area contributed by atoms with Crippen molar-refractivity contribution in [3.63, 3.8) is 0 Å². The molecule has 0 aliphatic heterocycles. The van der Waals surface area contributed by atoms with Crippen LogP contribution in [0.5, 0.6) is 0 Å². The summed E-state index contributed by atoms with van der Waals surface area (Å²) < 4.78 is 0. The van der Waals surface area contributed by atoms with Gasteiger partial charge in [-0.1, -0.05) is 0 Å². The quantitative estimate of drug-likeness (QED) is 0.608. The average molecular weight is 184 g/mol. The van der Waals surface area contributed by atoms with Crippen molar-refractivity contribution in [3.8, 4) is 6.07 Å². The lowest BCUT2D eigenvalue weighted by molar-refractivity contribution is 0.209. The van der Waals surface area contributed by atoms with E-state index in [2.05, 4.69) is 24.8 Å². The number of aliphatic hydroxyl groups excluding tert-OH is 1. The van der Waals surface area contributed by atoms with Crippen LogP contribution < -0.4 is 0 Å². The van der Waals surface area contributed by atoms with Gasteiger partial charge in [-0.3, -0.25) is 4.90 Å². The predicted molar refractivity (Wildman–Crippen MR) is 53.3 cm³/mol. The number of nitriles is 1. The van der Waals surface area contributed by atoms with E-state index in [1.165, 1.54) is 0 Å².